The first-order valence-electron chi connectivity index (χ1n) is 9.42. The van der Waals surface area contributed by atoms with Crippen LogP contribution in [0.3, 0.4) is 0 Å². The number of hydrogen-bond acceptors (Lipinski definition) is 5. The van der Waals surface area contributed by atoms with Gasteiger partial charge in [0, 0.05) is 25.0 Å². The Bertz CT molecular complexity index is 950. The van der Waals surface area contributed by atoms with E-state index in [2.05, 4.69) is 0 Å². The molecule has 1 aliphatic rings. The zero-order valence-corrected chi connectivity index (χ0v) is 18.4. The largest absolute Gasteiger partial charge is 0.478 e. The lowest BCUT2D eigenvalue weighted by Gasteiger charge is -2.47. The maximum Gasteiger partial charge on any atom is 0.334 e. The van der Waals surface area contributed by atoms with Crippen LogP contribution >= 0.6 is 11.6 Å². The normalized spacial score (nSPS) is 16.1. The molecule has 1 heterocycles. The summed E-state index contributed by atoms with van der Waals surface area (Å²) in [5.41, 5.74) is -0.612. The molecule has 0 unspecified atom stereocenters. The Kier molecular flexibility index (Phi) is 6.96. The standard InChI is InChI=1S/C22H25ClN2O5/c1-12(2)22(16-7-6-8-17(23)15(16)11-24)18(20(26)27)13(3)25(9-10-30-5)14(4)19(22)21(28)29/h6-8,12H,9-10H2,1-5H3,(H,26,27)(H,28,29). The quantitative estimate of drug-likeness (QED) is 0.674. The fourth-order valence-electron chi connectivity index (χ4n) is 4.51. The van der Waals surface area contributed by atoms with Gasteiger partial charge in [-0.2, -0.15) is 5.26 Å². The lowest BCUT2D eigenvalue weighted by molar-refractivity contribution is -0.135. The fraction of sp³-hybridized carbons (Fsp3) is 0.409. The van der Waals surface area contributed by atoms with E-state index in [9.17, 15) is 25.1 Å². The molecule has 160 valence electrons. The average molecular weight is 433 g/mol. The summed E-state index contributed by atoms with van der Waals surface area (Å²) in [6.45, 7) is 7.36. The number of halogens is 1. The van der Waals surface area contributed by atoms with E-state index >= 15 is 0 Å². The van der Waals surface area contributed by atoms with E-state index in [1.807, 2.05) is 6.07 Å². The summed E-state index contributed by atoms with van der Waals surface area (Å²) in [6, 6.07) is 6.75. The smallest absolute Gasteiger partial charge is 0.334 e. The summed E-state index contributed by atoms with van der Waals surface area (Å²) in [6.07, 6.45) is 0. The third-order valence-electron chi connectivity index (χ3n) is 5.69. The zero-order chi connectivity index (χ0) is 22.8. The molecule has 0 fully saturated rings. The van der Waals surface area contributed by atoms with E-state index in [1.54, 1.807) is 44.7 Å². The molecular weight excluding hydrogens is 408 g/mol. The molecular formula is C22H25ClN2O5. The topological polar surface area (TPSA) is 111 Å². The van der Waals surface area contributed by atoms with Gasteiger partial charge in [-0.1, -0.05) is 37.6 Å². The summed E-state index contributed by atoms with van der Waals surface area (Å²) in [4.78, 5) is 26.8. The van der Waals surface area contributed by atoms with Crippen molar-refractivity contribution in [3.05, 3.63) is 56.9 Å². The van der Waals surface area contributed by atoms with Gasteiger partial charge in [-0.05, 0) is 31.4 Å². The number of hydrogen-bond donors (Lipinski definition) is 2. The van der Waals surface area contributed by atoms with Crippen molar-refractivity contribution in [3.8, 4) is 6.07 Å². The Morgan fingerprint density at radius 1 is 1.20 bits per heavy atom. The van der Waals surface area contributed by atoms with Crippen LogP contribution in [0.5, 0.6) is 0 Å². The summed E-state index contributed by atoms with van der Waals surface area (Å²) in [5.74, 6) is -3.01. The molecule has 1 aliphatic heterocycles. The van der Waals surface area contributed by atoms with E-state index in [0.29, 0.717) is 11.4 Å². The number of methoxy groups -OCH3 is 1. The minimum atomic E-state index is -1.58. The van der Waals surface area contributed by atoms with Crippen molar-refractivity contribution in [3.63, 3.8) is 0 Å². The highest BCUT2D eigenvalue weighted by Crippen LogP contribution is 2.53. The molecule has 0 spiro atoms. The molecule has 0 saturated carbocycles. The van der Waals surface area contributed by atoms with Crippen LogP contribution in [0.4, 0.5) is 0 Å². The molecule has 7 nitrogen and oxygen atoms in total. The van der Waals surface area contributed by atoms with Gasteiger partial charge < -0.3 is 19.8 Å². The van der Waals surface area contributed by atoms with Crippen molar-refractivity contribution in [2.24, 2.45) is 5.92 Å². The van der Waals surface area contributed by atoms with Crippen LogP contribution in [0.2, 0.25) is 5.02 Å². The highest BCUT2D eigenvalue weighted by molar-refractivity contribution is 6.31. The molecule has 1 aromatic carbocycles. The molecule has 2 N–H and O–H groups in total. The van der Waals surface area contributed by atoms with Crippen LogP contribution in [0.1, 0.15) is 38.8 Å². The maximum absolute atomic E-state index is 12.6. The van der Waals surface area contributed by atoms with Crippen LogP contribution < -0.4 is 0 Å². The van der Waals surface area contributed by atoms with Crippen molar-refractivity contribution in [1.82, 2.24) is 4.90 Å². The minimum absolute atomic E-state index is 0.0660. The number of allylic oxidation sites excluding steroid dienone is 2. The van der Waals surface area contributed by atoms with Gasteiger partial charge in [0.1, 0.15) is 6.07 Å². The molecule has 0 bridgehead atoms. The summed E-state index contributed by atoms with van der Waals surface area (Å²) in [7, 11) is 1.52. The number of ether oxygens (including phenoxy) is 1. The lowest BCUT2D eigenvalue weighted by atomic mass is 9.58. The number of benzene rings is 1. The lowest BCUT2D eigenvalue weighted by Crippen LogP contribution is -2.49. The average Bonchev–Trinajstić information content (AvgIpc) is 2.66. The van der Waals surface area contributed by atoms with Crippen LogP contribution in [0.25, 0.3) is 0 Å². The van der Waals surface area contributed by atoms with Gasteiger partial charge in [0.15, 0.2) is 0 Å². The number of nitrogens with zero attached hydrogens (tertiary/aromatic N) is 2. The molecule has 0 aliphatic carbocycles. The van der Waals surface area contributed by atoms with Crippen molar-refractivity contribution in [2.75, 3.05) is 20.3 Å². The highest BCUT2D eigenvalue weighted by Gasteiger charge is 2.54. The molecule has 0 aromatic heterocycles. The van der Waals surface area contributed by atoms with E-state index in [-0.39, 0.29) is 40.4 Å². The Morgan fingerprint density at radius 2 is 1.73 bits per heavy atom. The van der Waals surface area contributed by atoms with Crippen LogP contribution in [-0.4, -0.2) is 47.3 Å². The molecule has 0 radical (unpaired) electrons. The number of carbonyl (C=O) groups is 2. The zero-order valence-electron chi connectivity index (χ0n) is 17.6. The Labute approximate surface area is 180 Å². The van der Waals surface area contributed by atoms with Gasteiger partial charge in [0.25, 0.3) is 0 Å². The Morgan fingerprint density at radius 3 is 2.13 bits per heavy atom. The third-order valence-corrected chi connectivity index (χ3v) is 6.00. The van der Waals surface area contributed by atoms with E-state index in [0.717, 1.165) is 0 Å². The van der Waals surface area contributed by atoms with Gasteiger partial charge in [0.2, 0.25) is 0 Å². The van der Waals surface area contributed by atoms with Crippen molar-refractivity contribution >= 4 is 23.5 Å². The predicted octanol–water partition coefficient (Wildman–Crippen LogP) is 3.78. The predicted molar refractivity (Wildman–Crippen MR) is 112 cm³/mol. The number of carboxylic acids is 2. The Balaban J connectivity index is 3.11. The van der Waals surface area contributed by atoms with E-state index in [4.69, 9.17) is 16.3 Å². The number of aliphatic carboxylic acids is 2. The minimum Gasteiger partial charge on any atom is -0.478 e. The van der Waals surface area contributed by atoms with Gasteiger partial charge >= 0.3 is 11.9 Å². The van der Waals surface area contributed by atoms with Crippen molar-refractivity contribution < 1.29 is 24.5 Å². The fourth-order valence-corrected chi connectivity index (χ4v) is 4.72. The first-order valence-corrected chi connectivity index (χ1v) is 9.79. The van der Waals surface area contributed by atoms with E-state index < -0.39 is 23.3 Å². The third kappa shape index (κ3) is 3.47. The van der Waals surface area contributed by atoms with E-state index in [1.165, 1.54) is 13.2 Å². The molecule has 0 saturated heterocycles. The monoisotopic (exact) mass is 432 g/mol. The van der Waals surface area contributed by atoms with Crippen LogP contribution in [-0.2, 0) is 19.7 Å². The molecule has 2 rings (SSSR count). The van der Waals surface area contributed by atoms with Gasteiger partial charge in [-0.3, -0.25) is 0 Å². The molecule has 0 atom stereocenters. The summed E-state index contributed by atoms with van der Waals surface area (Å²) < 4.78 is 5.13. The first kappa shape index (κ1) is 23.5. The van der Waals surface area contributed by atoms with Gasteiger partial charge in [-0.15, -0.1) is 0 Å². The molecule has 30 heavy (non-hydrogen) atoms. The number of nitriles is 1. The summed E-state index contributed by atoms with van der Waals surface area (Å²) >= 11 is 6.26. The van der Waals surface area contributed by atoms with Gasteiger partial charge in [-0.25, -0.2) is 9.59 Å². The van der Waals surface area contributed by atoms with Crippen LogP contribution in [0, 0.1) is 17.2 Å². The second-order valence-electron chi connectivity index (χ2n) is 7.41. The second-order valence-corrected chi connectivity index (χ2v) is 7.82. The SMILES string of the molecule is COCCN1C(C)=C(C(=O)O)C(c2cccc(Cl)c2C#N)(C(C)C)C(C(=O)O)=C1C. The second kappa shape index (κ2) is 8.90. The molecule has 8 heteroatoms. The number of carboxylic acid groups (broad SMARTS) is 2. The molecule has 0 amide bonds. The first-order chi connectivity index (χ1) is 14.1. The van der Waals surface area contributed by atoms with Crippen molar-refractivity contribution in [1.29, 1.82) is 5.26 Å². The maximum atomic E-state index is 12.6. The molecule has 1 aromatic rings. The Hall–Kier alpha value is -2.82. The van der Waals surface area contributed by atoms with Crippen LogP contribution in [0.15, 0.2) is 40.7 Å². The van der Waals surface area contributed by atoms with Crippen molar-refractivity contribution in [2.45, 2.75) is 33.1 Å². The summed E-state index contributed by atoms with van der Waals surface area (Å²) in [5, 5.41) is 30.5. The highest BCUT2D eigenvalue weighted by atomic mass is 35.5. The van der Waals surface area contributed by atoms with Gasteiger partial charge in [0.05, 0.1) is 33.8 Å². The number of rotatable bonds is 7.